The van der Waals surface area contributed by atoms with E-state index in [1.54, 1.807) is 19.1 Å². The van der Waals surface area contributed by atoms with Gasteiger partial charge in [0.25, 0.3) is 5.91 Å². The summed E-state index contributed by atoms with van der Waals surface area (Å²) < 4.78 is 15.0. The molecule has 110 valence electrons. The van der Waals surface area contributed by atoms with Crippen molar-refractivity contribution in [2.75, 3.05) is 5.32 Å². The molecule has 0 aliphatic heterocycles. The van der Waals surface area contributed by atoms with Gasteiger partial charge in [-0.2, -0.15) is 0 Å². The highest BCUT2D eigenvalue weighted by atomic mass is 19.1. The lowest BCUT2D eigenvalue weighted by Gasteiger charge is -2.04. The molecule has 1 amide bonds. The molecule has 0 saturated heterocycles. The molecule has 0 atom stereocenters. The van der Waals surface area contributed by atoms with Crippen molar-refractivity contribution < 1.29 is 9.18 Å². The second-order valence-electron chi connectivity index (χ2n) is 4.77. The average molecular weight is 296 g/mol. The number of anilines is 1. The second kappa shape index (κ2) is 5.77. The van der Waals surface area contributed by atoms with Gasteiger partial charge in [-0.05, 0) is 36.8 Å². The van der Waals surface area contributed by atoms with Gasteiger partial charge in [0.15, 0.2) is 0 Å². The van der Waals surface area contributed by atoms with E-state index in [1.165, 1.54) is 17.1 Å². The Morgan fingerprint density at radius 1 is 1.18 bits per heavy atom. The van der Waals surface area contributed by atoms with Crippen LogP contribution < -0.4 is 5.32 Å². The van der Waals surface area contributed by atoms with E-state index in [9.17, 15) is 9.18 Å². The first-order valence-electron chi connectivity index (χ1n) is 6.68. The highest BCUT2D eigenvalue weighted by Crippen LogP contribution is 2.14. The van der Waals surface area contributed by atoms with Crippen molar-refractivity contribution in [1.29, 1.82) is 0 Å². The third-order valence-corrected chi connectivity index (χ3v) is 3.15. The number of amides is 1. The van der Waals surface area contributed by atoms with Crippen LogP contribution in [0, 0.1) is 12.7 Å². The third kappa shape index (κ3) is 2.85. The molecule has 0 saturated carbocycles. The summed E-state index contributed by atoms with van der Waals surface area (Å²) in [5.41, 5.74) is 1.68. The van der Waals surface area contributed by atoms with Crippen LogP contribution in [0.25, 0.3) is 5.69 Å². The number of hydrogen-bond acceptors (Lipinski definition) is 3. The summed E-state index contributed by atoms with van der Waals surface area (Å²) in [6, 6.07) is 13.8. The fourth-order valence-electron chi connectivity index (χ4n) is 1.93. The summed E-state index contributed by atoms with van der Waals surface area (Å²) in [7, 11) is 0. The monoisotopic (exact) mass is 296 g/mol. The van der Waals surface area contributed by atoms with Crippen LogP contribution in [-0.4, -0.2) is 20.7 Å². The van der Waals surface area contributed by atoms with Gasteiger partial charge in [-0.25, -0.2) is 14.1 Å². The number of nitrogens with zero attached hydrogens (tertiary/aromatic N) is 3. The Hall–Kier alpha value is -3.02. The Morgan fingerprint density at radius 2 is 1.95 bits per heavy atom. The van der Waals surface area contributed by atoms with Gasteiger partial charge in [0.1, 0.15) is 12.1 Å². The Balaban J connectivity index is 1.78. The normalized spacial score (nSPS) is 10.5. The van der Waals surface area contributed by atoms with Crippen molar-refractivity contribution in [3.8, 4) is 5.69 Å². The number of para-hydroxylation sites is 1. The van der Waals surface area contributed by atoms with Crippen LogP contribution in [-0.2, 0) is 0 Å². The average Bonchev–Trinajstić information content (AvgIpc) is 3.02. The Morgan fingerprint density at radius 3 is 2.68 bits per heavy atom. The van der Waals surface area contributed by atoms with Crippen LogP contribution in [0.5, 0.6) is 0 Å². The van der Waals surface area contributed by atoms with Crippen molar-refractivity contribution in [1.82, 2.24) is 14.8 Å². The lowest BCUT2D eigenvalue weighted by atomic mass is 10.2. The molecule has 0 spiro atoms. The van der Waals surface area contributed by atoms with Gasteiger partial charge in [0, 0.05) is 5.69 Å². The van der Waals surface area contributed by atoms with Crippen molar-refractivity contribution in [3.63, 3.8) is 0 Å². The number of aryl methyl sites for hydroxylation is 1. The minimum atomic E-state index is -0.488. The Bertz CT molecular complexity index is 814. The van der Waals surface area contributed by atoms with Gasteiger partial charge in [-0.3, -0.25) is 4.79 Å². The number of carbonyl (C=O) groups excluding carboxylic acids is 1. The van der Waals surface area contributed by atoms with Crippen LogP contribution in [0.4, 0.5) is 10.1 Å². The topological polar surface area (TPSA) is 59.8 Å². The highest BCUT2D eigenvalue weighted by molar-refractivity contribution is 6.01. The number of rotatable bonds is 3. The van der Waals surface area contributed by atoms with Crippen LogP contribution in [0.1, 0.15) is 16.2 Å². The largest absolute Gasteiger partial charge is 0.319 e. The molecule has 1 heterocycles. The number of aromatic nitrogens is 3. The van der Waals surface area contributed by atoms with Gasteiger partial charge in [-0.15, -0.1) is 5.10 Å². The van der Waals surface area contributed by atoms with Gasteiger partial charge in [0.2, 0.25) is 5.82 Å². The summed E-state index contributed by atoms with van der Waals surface area (Å²) in [6.07, 6.45) is 1.46. The quantitative estimate of drug-likeness (QED) is 0.808. The van der Waals surface area contributed by atoms with Crippen LogP contribution in [0.2, 0.25) is 0 Å². The third-order valence-electron chi connectivity index (χ3n) is 3.15. The maximum Gasteiger partial charge on any atom is 0.295 e. The van der Waals surface area contributed by atoms with E-state index in [2.05, 4.69) is 15.4 Å². The van der Waals surface area contributed by atoms with E-state index in [0.717, 1.165) is 5.69 Å². The van der Waals surface area contributed by atoms with E-state index < -0.39 is 5.91 Å². The molecule has 22 heavy (non-hydrogen) atoms. The van der Waals surface area contributed by atoms with E-state index in [4.69, 9.17) is 0 Å². The maximum atomic E-state index is 13.5. The predicted molar refractivity (Wildman–Crippen MR) is 80.4 cm³/mol. The Kier molecular flexibility index (Phi) is 3.65. The van der Waals surface area contributed by atoms with Crippen molar-refractivity contribution >= 4 is 11.6 Å². The van der Waals surface area contributed by atoms with Crippen molar-refractivity contribution in [2.45, 2.75) is 6.92 Å². The second-order valence-corrected chi connectivity index (χ2v) is 4.77. The highest BCUT2D eigenvalue weighted by Gasteiger charge is 2.13. The number of benzene rings is 2. The van der Waals surface area contributed by atoms with Gasteiger partial charge < -0.3 is 5.32 Å². The first-order chi connectivity index (χ1) is 10.6. The standard InChI is InChI=1S/C16H13FN4O/c1-11-7-8-12(9-14(11)17)19-16(22)15-18-10-21(20-15)13-5-3-2-4-6-13/h2-10H,1H3,(H,19,22). The zero-order chi connectivity index (χ0) is 15.5. The maximum absolute atomic E-state index is 13.5. The number of nitrogens with one attached hydrogen (secondary N) is 1. The zero-order valence-electron chi connectivity index (χ0n) is 11.8. The lowest BCUT2D eigenvalue weighted by Crippen LogP contribution is -2.14. The summed E-state index contributed by atoms with van der Waals surface area (Å²) in [6.45, 7) is 1.66. The molecule has 0 radical (unpaired) electrons. The molecule has 1 N–H and O–H groups in total. The molecule has 3 aromatic rings. The minimum absolute atomic E-state index is 0.0184. The first kappa shape index (κ1) is 13.9. The molecular formula is C16H13FN4O. The fourth-order valence-corrected chi connectivity index (χ4v) is 1.93. The number of carbonyl (C=O) groups is 1. The SMILES string of the molecule is Cc1ccc(NC(=O)c2ncn(-c3ccccc3)n2)cc1F. The van der Waals surface area contributed by atoms with Crippen LogP contribution >= 0.6 is 0 Å². The number of halogens is 1. The summed E-state index contributed by atoms with van der Waals surface area (Å²) >= 11 is 0. The van der Waals surface area contributed by atoms with Gasteiger partial charge in [-0.1, -0.05) is 24.3 Å². The van der Waals surface area contributed by atoms with E-state index >= 15 is 0 Å². The molecule has 0 aliphatic carbocycles. The molecule has 2 aromatic carbocycles. The molecule has 5 nitrogen and oxygen atoms in total. The molecule has 0 aliphatic rings. The summed E-state index contributed by atoms with van der Waals surface area (Å²) in [5, 5.41) is 6.69. The lowest BCUT2D eigenvalue weighted by molar-refractivity contribution is 0.101. The van der Waals surface area contributed by atoms with Gasteiger partial charge >= 0.3 is 0 Å². The Labute approximate surface area is 126 Å². The molecule has 0 fully saturated rings. The molecule has 6 heteroatoms. The van der Waals surface area contributed by atoms with Gasteiger partial charge in [0.05, 0.1) is 5.69 Å². The molecule has 0 unspecified atom stereocenters. The molecule has 0 bridgehead atoms. The zero-order valence-corrected chi connectivity index (χ0v) is 11.8. The molecule has 3 rings (SSSR count). The smallest absolute Gasteiger partial charge is 0.295 e. The molecule has 1 aromatic heterocycles. The van der Waals surface area contributed by atoms with Crippen molar-refractivity contribution in [2.24, 2.45) is 0 Å². The fraction of sp³-hybridized carbons (Fsp3) is 0.0625. The van der Waals surface area contributed by atoms with Crippen molar-refractivity contribution in [3.05, 3.63) is 72.1 Å². The first-order valence-corrected chi connectivity index (χ1v) is 6.68. The van der Waals surface area contributed by atoms with E-state index in [-0.39, 0.29) is 11.6 Å². The van der Waals surface area contributed by atoms with E-state index in [0.29, 0.717) is 11.3 Å². The van der Waals surface area contributed by atoms with Crippen LogP contribution in [0.3, 0.4) is 0 Å². The summed E-state index contributed by atoms with van der Waals surface area (Å²) in [5.74, 6) is -0.844. The predicted octanol–water partition coefficient (Wildman–Crippen LogP) is 2.97. The van der Waals surface area contributed by atoms with E-state index in [1.807, 2.05) is 30.3 Å². The number of hydrogen-bond donors (Lipinski definition) is 1. The minimum Gasteiger partial charge on any atom is -0.319 e. The summed E-state index contributed by atoms with van der Waals surface area (Å²) in [4.78, 5) is 16.1. The van der Waals surface area contributed by atoms with Crippen LogP contribution in [0.15, 0.2) is 54.9 Å². The molecular weight excluding hydrogens is 283 g/mol.